The Morgan fingerprint density at radius 2 is 1.65 bits per heavy atom. The third kappa shape index (κ3) is 2.48. The molecule has 6 aliphatic rings. The number of carbonyl (C=O) groups excluding carboxylic acids is 2. The standard InChI is InChI=1S/C30H40N2O2/c1-25(2)8-12-30(32)13-9-28(5)23(19(30)16-25)20(33)14-22-26(3)15-18(17-31)24(34)29(10-11-29)21(26)6-7-27(22,28)4/h14-15,19,21,23H,6-13,16,32H2,1-5H3/t19-,21+,23-,26-,27+,28+,30-/m0/s1. The van der Waals surface area contributed by atoms with Crippen molar-refractivity contribution in [2.24, 2.45) is 50.6 Å². The first-order valence-electron chi connectivity index (χ1n) is 13.5. The molecular formula is C30H40N2O2. The van der Waals surface area contributed by atoms with Gasteiger partial charge in [-0.3, -0.25) is 9.59 Å². The van der Waals surface area contributed by atoms with Crippen molar-refractivity contribution in [1.82, 2.24) is 0 Å². The summed E-state index contributed by atoms with van der Waals surface area (Å²) in [5.41, 5.74) is 7.54. The third-order valence-corrected chi connectivity index (χ3v) is 12.4. The molecule has 0 amide bonds. The fraction of sp³-hybridized carbons (Fsp3) is 0.767. The molecule has 6 aliphatic carbocycles. The second kappa shape index (κ2) is 6.33. The van der Waals surface area contributed by atoms with Crippen LogP contribution in [0.4, 0.5) is 0 Å². The number of carbonyl (C=O) groups is 2. The topological polar surface area (TPSA) is 83.9 Å². The highest BCUT2D eigenvalue weighted by Gasteiger charge is 2.72. The SMILES string of the molecule is CC1(C)CC[C@]2(N)CC[C@]3(C)[C@H](C(=O)C=C4[C@@]5(C)C=C(C#N)C(=O)C6(CC6)[C@@H]5CC[C@]43C)[C@@H]2C1. The number of rotatable bonds is 0. The summed E-state index contributed by atoms with van der Waals surface area (Å²) in [7, 11) is 0. The van der Waals surface area contributed by atoms with Gasteiger partial charge in [-0.15, -0.1) is 0 Å². The van der Waals surface area contributed by atoms with E-state index in [0.29, 0.717) is 5.57 Å². The Hall–Kier alpha value is -1.73. The lowest BCUT2D eigenvalue weighted by atomic mass is 9.35. The number of allylic oxidation sites excluding steroid dienone is 4. The second-order valence-electron chi connectivity index (χ2n) is 14.4. The van der Waals surface area contributed by atoms with Gasteiger partial charge in [-0.25, -0.2) is 0 Å². The quantitative estimate of drug-likeness (QED) is 0.505. The van der Waals surface area contributed by atoms with Gasteiger partial charge in [-0.05, 0) is 91.9 Å². The van der Waals surface area contributed by atoms with Gasteiger partial charge in [0, 0.05) is 22.3 Å². The van der Waals surface area contributed by atoms with Crippen LogP contribution in [0.5, 0.6) is 0 Å². The molecule has 0 aromatic rings. The number of nitriles is 1. The van der Waals surface area contributed by atoms with E-state index >= 15 is 0 Å². The minimum absolute atomic E-state index is 0.0424. The summed E-state index contributed by atoms with van der Waals surface area (Å²) < 4.78 is 0. The monoisotopic (exact) mass is 460 g/mol. The number of nitrogens with zero attached hydrogens (tertiary/aromatic N) is 1. The molecule has 2 N–H and O–H groups in total. The van der Waals surface area contributed by atoms with E-state index in [1.807, 2.05) is 12.2 Å². The molecule has 0 aromatic heterocycles. The summed E-state index contributed by atoms with van der Waals surface area (Å²) in [5.74, 6) is 0.683. The Morgan fingerprint density at radius 3 is 2.29 bits per heavy atom. The van der Waals surface area contributed by atoms with E-state index in [9.17, 15) is 14.9 Å². The molecule has 34 heavy (non-hydrogen) atoms. The van der Waals surface area contributed by atoms with Gasteiger partial charge in [0.1, 0.15) is 6.07 Å². The van der Waals surface area contributed by atoms with E-state index in [2.05, 4.69) is 40.7 Å². The van der Waals surface area contributed by atoms with Crippen molar-refractivity contribution in [2.45, 2.75) is 97.9 Å². The number of hydrogen-bond donors (Lipinski definition) is 1. The molecule has 0 bridgehead atoms. The molecule has 0 aliphatic heterocycles. The smallest absolute Gasteiger partial charge is 0.179 e. The fourth-order valence-electron chi connectivity index (χ4n) is 10.0. The van der Waals surface area contributed by atoms with Crippen molar-refractivity contribution >= 4 is 11.6 Å². The van der Waals surface area contributed by atoms with Crippen molar-refractivity contribution in [3.05, 3.63) is 23.3 Å². The highest BCUT2D eigenvalue weighted by Crippen LogP contribution is 2.75. The zero-order valence-corrected chi connectivity index (χ0v) is 21.6. The molecule has 0 heterocycles. The fourth-order valence-corrected chi connectivity index (χ4v) is 10.0. The van der Waals surface area contributed by atoms with Crippen molar-refractivity contribution in [1.29, 1.82) is 5.26 Å². The van der Waals surface area contributed by atoms with Crippen LogP contribution in [-0.4, -0.2) is 17.1 Å². The Labute approximate surface area is 204 Å². The first-order chi connectivity index (χ1) is 15.8. The predicted molar refractivity (Wildman–Crippen MR) is 131 cm³/mol. The molecule has 0 unspecified atom stereocenters. The van der Waals surface area contributed by atoms with Gasteiger partial charge >= 0.3 is 0 Å². The second-order valence-corrected chi connectivity index (χ2v) is 14.4. The summed E-state index contributed by atoms with van der Waals surface area (Å²) in [6.07, 6.45) is 12.8. The van der Waals surface area contributed by atoms with Crippen LogP contribution in [0, 0.1) is 56.2 Å². The number of Topliss-reactive ketones (excluding diaryl/α,β-unsaturated/α-hetero) is 1. The maximum Gasteiger partial charge on any atom is 0.179 e. The molecule has 0 aromatic carbocycles. The Balaban J connectivity index is 1.52. The Kier molecular flexibility index (Phi) is 4.23. The molecule has 4 fully saturated rings. The van der Waals surface area contributed by atoms with Crippen molar-refractivity contribution in [2.75, 3.05) is 0 Å². The molecule has 1 spiro atoms. The normalized spacial score (nSPS) is 50.1. The maximum atomic E-state index is 14.2. The molecule has 4 heteroatoms. The largest absolute Gasteiger partial charge is 0.325 e. The van der Waals surface area contributed by atoms with Crippen LogP contribution in [0.15, 0.2) is 23.3 Å². The van der Waals surface area contributed by atoms with E-state index in [-0.39, 0.29) is 56.5 Å². The lowest BCUT2D eigenvalue weighted by Crippen LogP contribution is -2.68. The van der Waals surface area contributed by atoms with Gasteiger partial charge in [0.25, 0.3) is 0 Å². The minimum atomic E-state index is -0.408. The van der Waals surface area contributed by atoms with Gasteiger partial charge in [-0.1, -0.05) is 46.3 Å². The van der Waals surface area contributed by atoms with E-state index in [0.717, 1.165) is 57.8 Å². The molecule has 6 rings (SSSR count). The van der Waals surface area contributed by atoms with E-state index < -0.39 is 5.41 Å². The first kappa shape index (κ1) is 22.7. The zero-order valence-electron chi connectivity index (χ0n) is 21.6. The summed E-state index contributed by atoms with van der Waals surface area (Å²) in [6, 6.07) is 2.23. The highest BCUT2D eigenvalue weighted by atomic mass is 16.1. The van der Waals surface area contributed by atoms with Crippen LogP contribution >= 0.6 is 0 Å². The van der Waals surface area contributed by atoms with Crippen LogP contribution in [0.2, 0.25) is 0 Å². The van der Waals surface area contributed by atoms with Crippen molar-refractivity contribution in [3.8, 4) is 6.07 Å². The van der Waals surface area contributed by atoms with E-state index in [4.69, 9.17) is 5.73 Å². The minimum Gasteiger partial charge on any atom is -0.325 e. The molecular weight excluding hydrogens is 420 g/mol. The van der Waals surface area contributed by atoms with Gasteiger partial charge in [0.15, 0.2) is 11.6 Å². The van der Waals surface area contributed by atoms with Crippen LogP contribution < -0.4 is 5.73 Å². The van der Waals surface area contributed by atoms with Crippen LogP contribution in [0.3, 0.4) is 0 Å². The summed E-state index contributed by atoms with van der Waals surface area (Å²) >= 11 is 0. The first-order valence-corrected chi connectivity index (χ1v) is 13.5. The molecule has 182 valence electrons. The number of fused-ring (bicyclic) bond motifs is 8. The summed E-state index contributed by atoms with van der Waals surface area (Å²) in [6.45, 7) is 11.7. The van der Waals surface area contributed by atoms with Gasteiger partial charge in [-0.2, -0.15) is 5.26 Å². The molecule has 4 saturated carbocycles. The van der Waals surface area contributed by atoms with Gasteiger partial charge in [0.2, 0.25) is 0 Å². The van der Waals surface area contributed by atoms with Crippen LogP contribution in [0.1, 0.15) is 92.4 Å². The summed E-state index contributed by atoms with van der Waals surface area (Å²) in [5, 5.41) is 9.84. The average molecular weight is 461 g/mol. The Morgan fingerprint density at radius 1 is 0.971 bits per heavy atom. The third-order valence-electron chi connectivity index (χ3n) is 12.4. The molecule has 0 radical (unpaired) electrons. The number of hydrogen-bond acceptors (Lipinski definition) is 4. The van der Waals surface area contributed by atoms with E-state index in [1.54, 1.807) is 0 Å². The van der Waals surface area contributed by atoms with Crippen molar-refractivity contribution < 1.29 is 9.59 Å². The predicted octanol–water partition coefficient (Wildman–Crippen LogP) is 5.67. The molecule has 7 atom stereocenters. The summed E-state index contributed by atoms with van der Waals surface area (Å²) in [4.78, 5) is 27.4. The lowest BCUT2D eigenvalue weighted by molar-refractivity contribution is -0.156. The average Bonchev–Trinajstić information content (AvgIpc) is 3.55. The maximum absolute atomic E-state index is 14.2. The lowest BCUT2D eigenvalue weighted by Gasteiger charge is -2.68. The number of nitrogens with two attached hydrogens (primary N) is 1. The van der Waals surface area contributed by atoms with Crippen molar-refractivity contribution in [3.63, 3.8) is 0 Å². The highest BCUT2D eigenvalue weighted by molar-refractivity contribution is 6.06. The van der Waals surface area contributed by atoms with Crippen LogP contribution in [-0.2, 0) is 9.59 Å². The van der Waals surface area contributed by atoms with Gasteiger partial charge in [0.05, 0.1) is 5.57 Å². The van der Waals surface area contributed by atoms with Gasteiger partial charge < -0.3 is 5.73 Å². The zero-order chi connectivity index (χ0) is 24.5. The van der Waals surface area contributed by atoms with E-state index in [1.165, 1.54) is 5.57 Å². The Bertz CT molecular complexity index is 1120. The van der Waals surface area contributed by atoms with Crippen LogP contribution in [0.25, 0.3) is 0 Å². The molecule has 0 saturated heterocycles. The molecule has 4 nitrogen and oxygen atoms in total. The number of ketones is 2.